The van der Waals surface area contributed by atoms with E-state index in [0.717, 1.165) is 12.8 Å². The van der Waals surface area contributed by atoms with Crippen LogP contribution in [-0.4, -0.2) is 5.91 Å². The monoisotopic (exact) mass is 618 g/mol. The van der Waals surface area contributed by atoms with Gasteiger partial charge in [0, 0.05) is 5.92 Å². The van der Waals surface area contributed by atoms with E-state index in [1.165, 1.54) is 218 Å². The van der Waals surface area contributed by atoms with Gasteiger partial charge >= 0.3 is 0 Å². The molecule has 0 aliphatic carbocycles. The van der Waals surface area contributed by atoms with E-state index in [2.05, 4.69) is 26.0 Å². The van der Waals surface area contributed by atoms with Crippen molar-refractivity contribution in [2.45, 2.75) is 245 Å². The molecule has 0 aliphatic rings. The molecule has 2 N–H and O–H groups in total. The zero-order valence-electron chi connectivity index (χ0n) is 30.7. The zero-order valence-corrected chi connectivity index (χ0v) is 30.7. The highest BCUT2D eigenvalue weighted by molar-refractivity contribution is 5.76. The van der Waals surface area contributed by atoms with Gasteiger partial charge in [-0.05, 0) is 38.5 Å². The molecule has 1 amide bonds. The molecule has 262 valence electrons. The van der Waals surface area contributed by atoms with Gasteiger partial charge in [0.1, 0.15) is 0 Å². The van der Waals surface area contributed by atoms with E-state index in [1.807, 2.05) is 0 Å². The number of amides is 1. The Hall–Kier alpha value is -0.790. The standard InChI is InChI=1S/C42H83NO/c1-3-5-7-9-11-13-15-17-19-21-23-25-27-29-31-33-35-37-39-41(42(43)44)40-38-36-34-32-30-28-26-24-22-20-18-16-14-12-10-8-6-4-2/h17,19,41H,3-16,18,20-40H2,1-2H3,(H2,43,44)/b19-17-. The molecule has 0 fully saturated rings. The third kappa shape index (κ3) is 35.7. The van der Waals surface area contributed by atoms with Gasteiger partial charge in [0.15, 0.2) is 0 Å². The van der Waals surface area contributed by atoms with Crippen molar-refractivity contribution < 1.29 is 4.79 Å². The highest BCUT2D eigenvalue weighted by Crippen LogP contribution is 2.20. The Morgan fingerprint density at radius 3 is 0.864 bits per heavy atom. The van der Waals surface area contributed by atoms with Crippen LogP contribution < -0.4 is 5.73 Å². The fraction of sp³-hybridized carbons (Fsp3) is 0.929. The van der Waals surface area contributed by atoms with Gasteiger partial charge in [-0.1, -0.05) is 219 Å². The number of unbranched alkanes of at least 4 members (excludes halogenated alkanes) is 31. The van der Waals surface area contributed by atoms with Gasteiger partial charge in [0.25, 0.3) is 0 Å². The Kier molecular flexibility index (Phi) is 37.7. The Labute approximate surface area is 279 Å². The van der Waals surface area contributed by atoms with Gasteiger partial charge in [-0.25, -0.2) is 0 Å². The molecule has 1 unspecified atom stereocenters. The van der Waals surface area contributed by atoms with Crippen LogP contribution in [0.5, 0.6) is 0 Å². The van der Waals surface area contributed by atoms with Crippen molar-refractivity contribution in [1.82, 2.24) is 0 Å². The van der Waals surface area contributed by atoms with Gasteiger partial charge in [-0.15, -0.1) is 0 Å². The number of rotatable bonds is 38. The molecule has 0 rings (SSSR count). The maximum atomic E-state index is 11.9. The number of hydrogen-bond donors (Lipinski definition) is 1. The third-order valence-electron chi connectivity index (χ3n) is 9.87. The second-order valence-corrected chi connectivity index (χ2v) is 14.3. The summed E-state index contributed by atoms with van der Waals surface area (Å²) in [6.07, 6.45) is 53.7. The first-order chi connectivity index (χ1) is 21.7. The van der Waals surface area contributed by atoms with Crippen molar-refractivity contribution >= 4 is 5.91 Å². The molecule has 0 spiro atoms. The number of hydrogen-bond acceptors (Lipinski definition) is 1. The lowest BCUT2D eigenvalue weighted by atomic mass is 9.93. The van der Waals surface area contributed by atoms with E-state index in [-0.39, 0.29) is 11.8 Å². The summed E-state index contributed by atoms with van der Waals surface area (Å²) in [5.74, 6) is 0.0585. The van der Waals surface area contributed by atoms with Gasteiger partial charge in [-0.3, -0.25) is 4.79 Å². The number of carbonyl (C=O) groups excluding carboxylic acids is 1. The summed E-state index contributed by atoms with van der Waals surface area (Å²) in [4.78, 5) is 11.9. The molecule has 0 radical (unpaired) electrons. The molecule has 2 heteroatoms. The van der Waals surface area contributed by atoms with Crippen molar-refractivity contribution in [2.24, 2.45) is 11.7 Å². The van der Waals surface area contributed by atoms with Crippen LogP contribution in [0.2, 0.25) is 0 Å². The third-order valence-corrected chi connectivity index (χ3v) is 9.87. The Balaban J connectivity index is 3.39. The van der Waals surface area contributed by atoms with Crippen molar-refractivity contribution in [2.75, 3.05) is 0 Å². The molecule has 44 heavy (non-hydrogen) atoms. The second kappa shape index (κ2) is 38.4. The van der Waals surface area contributed by atoms with Crippen LogP contribution in [0.1, 0.15) is 245 Å². The molecule has 0 saturated carbocycles. The van der Waals surface area contributed by atoms with Crippen LogP contribution >= 0.6 is 0 Å². The second-order valence-electron chi connectivity index (χ2n) is 14.3. The van der Waals surface area contributed by atoms with Crippen LogP contribution in [0.4, 0.5) is 0 Å². The minimum Gasteiger partial charge on any atom is -0.369 e. The van der Waals surface area contributed by atoms with E-state index in [9.17, 15) is 4.79 Å². The average molecular weight is 618 g/mol. The van der Waals surface area contributed by atoms with E-state index >= 15 is 0 Å². The molecular formula is C42H83NO. The van der Waals surface area contributed by atoms with E-state index in [4.69, 9.17) is 5.73 Å². The first kappa shape index (κ1) is 43.2. The predicted molar refractivity (Wildman–Crippen MR) is 199 cm³/mol. The largest absolute Gasteiger partial charge is 0.369 e. The van der Waals surface area contributed by atoms with Crippen molar-refractivity contribution in [3.8, 4) is 0 Å². The summed E-state index contributed by atoms with van der Waals surface area (Å²) < 4.78 is 0. The van der Waals surface area contributed by atoms with E-state index < -0.39 is 0 Å². The molecule has 1 atom stereocenters. The lowest BCUT2D eigenvalue weighted by molar-refractivity contribution is -0.122. The fourth-order valence-corrected chi connectivity index (χ4v) is 6.71. The van der Waals surface area contributed by atoms with Gasteiger partial charge in [-0.2, -0.15) is 0 Å². The SMILES string of the molecule is CCCCCCCC/C=C\CCCCCCCCCCC(CCCCCCCCCCCCCCCCCCCC)C(N)=O. The molecular weight excluding hydrogens is 534 g/mol. The van der Waals surface area contributed by atoms with Crippen molar-refractivity contribution in [3.63, 3.8) is 0 Å². The molecule has 0 heterocycles. The smallest absolute Gasteiger partial charge is 0.220 e. The minimum absolute atomic E-state index is 0.0574. The number of allylic oxidation sites excluding steroid dienone is 2. The van der Waals surface area contributed by atoms with Crippen molar-refractivity contribution in [3.05, 3.63) is 12.2 Å². The molecule has 0 aromatic carbocycles. The van der Waals surface area contributed by atoms with Crippen LogP contribution in [0.15, 0.2) is 12.2 Å². The first-order valence-electron chi connectivity index (χ1n) is 20.7. The highest BCUT2D eigenvalue weighted by Gasteiger charge is 2.14. The summed E-state index contributed by atoms with van der Waals surface area (Å²) in [6.45, 7) is 4.58. The van der Waals surface area contributed by atoms with Crippen LogP contribution in [0.3, 0.4) is 0 Å². The van der Waals surface area contributed by atoms with Gasteiger partial charge in [0.2, 0.25) is 5.91 Å². The Bertz CT molecular complexity index is 570. The maximum absolute atomic E-state index is 11.9. The Morgan fingerprint density at radius 1 is 0.386 bits per heavy atom. The molecule has 0 bridgehead atoms. The molecule has 0 aromatic heterocycles. The predicted octanol–water partition coefficient (Wildman–Crippen LogP) is 14.7. The number of carbonyl (C=O) groups is 1. The summed E-state index contributed by atoms with van der Waals surface area (Å²) >= 11 is 0. The first-order valence-corrected chi connectivity index (χ1v) is 20.7. The Morgan fingerprint density at radius 2 is 0.614 bits per heavy atom. The van der Waals surface area contributed by atoms with Crippen LogP contribution in [0, 0.1) is 5.92 Å². The summed E-state index contributed by atoms with van der Waals surface area (Å²) in [5.41, 5.74) is 5.75. The normalized spacial score (nSPS) is 12.4. The molecule has 0 saturated heterocycles. The van der Waals surface area contributed by atoms with Crippen LogP contribution in [-0.2, 0) is 4.79 Å². The highest BCUT2D eigenvalue weighted by atomic mass is 16.1. The fourth-order valence-electron chi connectivity index (χ4n) is 6.71. The van der Waals surface area contributed by atoms with Gasteiger partial charge < -0.3 is 5.73 Å². The molecule has 0 aromatic rings. The maximum Gasteiger partial charge on any atom is 0.220 e. The molecule has 0 aliphatic heterocycles. The quantitative estimate of drug-likeness (QED) is 0.0543. The number of primary amides is 1. The summed E-state index contributed by atoms with van der Waals surface area (Å²) in [6, 6.07) is 0. The summed E-state index contributed by atoms with van der Waals surface area (Å²) in [5, 5.41) is 0. The average Bonchev–Trinajstić information content (AvgIpc) is 3.02. The lowest BCUT2D eigenvalue weighted by Gasteiger charge is -2.13. The minimum atomic E-state index is -0.0574. The topological polar surface area (TPSA) is 43.1 Å². The van der Waals surface area contributed by atoms with Gasteiger partial charge in [0.05, 0.1) is 0 Å². The number of nitrogens with two attached hydrogens (primary N) is 1. The molecule has 2 nitrogen and oxygen atoms in total. The van der Waals surface area contributed by atoms with E-state index in [1.54, 1.807) is 0 Å². The zero-order chi connectivity index (χ0) is 32.0. The van der Waals surface area contributed by atoms with Crippen molar-refractivity contribution in [1.29, 1.82) is 0 Å². The lowest BCUT2D eigenvalue weighted by Crippen LogP contribution is -2.23. The summed E-state index contributed by atoms with van der Waals surface area (Å²) in [7, 11) is 0. The van der Waals surface area contributed by atoms with E-state index in [0.29, 0.717) is 0 Å². The van der Waals surface area contributed by atoms with Crippen LogP contribution in [0.25, 0.3) is 0 Å².